The first-order valence-electron chi connectivity index (χ1n) is 15.3. The molecular formula is C33H47N3O6. The summed E-state index contributed by atoms with van der Waals surface area (Å²) < 4.78 is 12.4. The molecular weight excluding hydrogens is 534 g/mol. The zero-order valence-corrected chi connectivity index (χ0v) is 25.8. The standard InChI is InChI=1S/C33H47N3O6/c1-8-13-19-41-31(40)27-26-29(38)36(23(10-3)21-37)28(33(26)20-22(6)32(27,7)42-33)30(39)35(18-9-2)25-16-14-24(15-17-25)34(11-4)12-5/h8-9,14-17,22-23,26-28,37H,1-2,10-13,18-21H2,3-7H3/t22?,23-,26-,27+,28?,32-,33?/m0/s1. The predicted molar refractivity (Wildman–Crippen MR) is 163 cm³/mol. The minimum atomic E-state index is -1.23. The van der Waals surface area contributed by atoms with Crippen LogP contribution >= 0.6 is 0 Å². The van der Waals surface area contributed by atoms with Crippen molar-refractivity contribution in [3.8, 4) is 0 Å². The van der Waals surface area contributed by atoms with E-state index in [0.717, 1.165) is 18.8 Å². The monoisotopic (exact) mass is 581 g/mol. The number of hydrogen-bond donors (Lipinski definition) is 1. The van der Waals surface area contributed by atoms with E-state index in [-0.39, 0.29) is 37.5 Å². The molecule has 4 rings (SSSR count). The summed E-state index contributed by atoms with van der Waals surface area (Å²) in [4.78, 5) is 48.0. The van der Waals surface area contributed by atoms with E-state index < -0.39 is 41.1 Å². The van der Waals surface area contributed by atoms with Gasteiger partial charge in [0.05, 0.1) is 30.8 Å². The number of carbonyl (C=O) groups is 3. The lowest BCUT2D eigenvalue weighted by Gasteiger charge is -2.39. The molecule has 1 spiro atoms. The lowest BCUT2D eigenvalue weighted by molar-refractivity contribution is -0.162. The molecule has 3 heterocycles. The summed E-state index contributed by atoms with van der Waals surface area (Å²) in [6, 6.07) is 6.16. The maximum absolute atomic E-state index is 14.8. The molecule has 3 saturated heterocycles. The van der Waals surface area contributed by atoms with Gasteiger partial charge in [0.2, 0.25) is 5.91 Å². The van der Waals surface area contributed by atoms with Gasteiger partial charge >= 0.3 is 5.97 Å². The number of benzene rings is 1. The maximum Gasteiger partial charge on any atom is 0.312 e. The second-order valence-electron chi connectivity index (χ2n) is 11.9. The van der Waals surface area contributed by atoms with E-state index in [1.165, 1.54) is 4.90 Å². The second-order valence-corrected chi connectivity index (χ2v) is 11.9. The molecule has 7 atom stereocenters. The van der Waals surface area contributed by atoms with E-state index in [4.69, 9.17) is 9.47 Å². The molecule has 3 fully saturated rings. The Morgan fingerprint density at radius 2 is 1.81 bits per heavy atom. The third kappa shape index (κ3) is 4.94. The molecule has 3 aliphatic heterocycles. The highest BCUT2D eigenvalue weighted by atomic mass is 16.6. The van der Waals surface area contributed by atoms with Gasteiger partial charge in [0.1, 0.15) is 17.6 Å². The predicted octanol–water partition coefficient (Wildman–Crippen LogP) is 3.95. The molecule has 1 aromatic carbocycles. The highest BCUT2D eigenvalue weighted by Gasteiger charge is 2.80. The van der Waals surface area contributed by atoms with Crippen molar-refractivity contribution >= 4 is 29.2 Å². The smallest absolute Gasteiger partial charge is 0.312 e. The van der Waals surface area contributed by atoms with Crippen molar-refractivity contribution in [2.24, 2.45) is 17.8 Å². The number of rotatable bonds is 14. The Hall–Kier alpha value is -3.17. The van der Waals surface area contributed by atoms with Gasteiger partial charge in [-0.05, 0) is 70.2 Å². The number of aliphatic hydroxyl groups excluding tert-OH is 1. The highest BCUT2D eigenvalue weighted by Crippen LogP contribution is 2.65. The van der Waals surface area contributed by atoms with Crippen molar-refractivity contribution in [1.82, 2.24) is 4.90 Å². The molecule has 2 amide bonds. The fourth-order valence-electron chi connectivity index (χ4n) is 7.49. The summed E-state index contributed by atoms with van der Waals surface area (Å²) in [6.45, 7) is 19.3. The number of esters is 1. The first kappa shape index (κ1) is 31.8. The highest BCUT2D eigenvalue weighted by molar-refractivity contribution is 6.05. The minimum absolute atomic E-state index is 0.107. The fraction of sp³-hybridized carbons (Fsp3) is 0.606. The third-order valence-corrected chi connectivity index (χ3v) is 9.75. The van der Waals surface area contributed by atoms with Crippen LogP contribution in [-0.4, -0.2) is 83.9 Å². The number of fused-ring (bicyclic) bond motifs is 1. The number of aliphatic hydroxyl groups is 1. The van der Waals surface area contributed by atoms with E-state index in [2.05, 4.69) is 31.9 Å². The topological polar surface area (TPSA) is 99.6 Å². The number of nitrogens with zero attached hydrogens (tertiary/aromatic N) is 3. The zero-order chi connectivity index (χ0) is 30.8. The van der Waals surface area contributed by atoms with Crippen LogP contribution in [0.1, 0.15) is 53.9 Å². The van der Waals surface area contributed by atoms with E-state index in [1.807, 2.05) is 45.0 Å². The van der Waals surface area contributed by atoms with Gasteiger partial charge in [-0.3, -0.25) is 14.4 Å². The Bertz CT molecular complexity index is 1180. The van der Waals surface area contributed by atoms with Gasteiger partial charge in [-0.15, -0.1) is 13.2 Å². The van der Waals surface area contributed by atoms with Crippen LogP contribution in [0, 0.1) is 17.8 Å². The van der Waals surface area contributed by atoms with Gasteiger partial charge in [-0.1, -0.05) is 26.0 Å². The molecule has 9 nitrogen and oxygen atoms in total. The summed E-state index contributed by atoms with van der Waals surface area (Å²) in [5.74, 6) is -3.01. The van der Waals surface area contributed by atoms with Gasteiger partial charge in [0.25, 0.3) is 5.91 Å². The second kappa shape index (κ2) is 12.6. The van der Waals surface area contributed by atoms with Gasteiger partial charge in [0.15, 0.2) is 0 Å². The van der Waals surface area contributed by atoms with Crippen LogP contribution in [0.15, 0.2) is 49.6 Å². The number of amides is 2. The van der Waals surface area contributed by atoms with Crippen molar-refractivity contribution in [1.29, 1.82) is 0 Å². The van der Waals surface area contributed by atoms with Crippen molar-refractivity contribution in [3.63, 3.8) is 0 Å². The van der Waals surface area contributed by atoms with E-state index in [9.17, 15) is 19.5 Å². The van der Waals surface area contributed by atoms with Crippen LogP contribution in [0.4, 0.5) is 11.4 Å². The normalized spacial score (nSPS) is 30.1. The average molecular weight is 582 g/mol. The zero-order valence-electron chi connectivity index (χ0n) is 25.8. The van der Waals surface area contributed by atoms with Crippen molar-refractivity contribution < 1.29 is 29.0 Å². The van der Waals surface area contributed by atoms with Crippen LogP contribution in [-0.2, 0) is 23.9 Å². The summed E-state index contributed by atoms with van der Waals surface area (Å²) in [6.07, 6.45) is 4.70. The average Bonchev–Trinajstić information content (AvgIpc) is 3.50. The van der Waals surface area contributed by atoms with Crippen LogP contribution in [0.25, 0.3) is 0 Å². The Balaban J connectivity index is 1.80. The molecule has 42 heavy (non-hydrogen) atoms. The lowest BCUT2D eigenvalue weighted by Crippen LogP contribution is -2.59. The summed E-state index contributed by atoms with van der Waals surface area (Å²) >= 11 is 0. The largest absolute Gasteiger partial charge is 0.465 e. The Kier molecular flexibility index (Phi) is 9.52. The number of hydrogen-bond acceptors (Lipinski definition) is 7. The van der Waals surface area contributed by atoms with Crippen molar-refractivity contribution in [2.45, 2.75) is 77.2 Å². The Labute approximate surface area is 250 Å². The first-order chi connectivity index (χ1) is 20.1. The van der Waals surface area contributed by atoms with Crippen molar-refractivity contribution in [2.75, 3.05) is 42.6 Å². The Morgan fingerprint density at radius 1 is 1.17 bits per heavy atom. The molecule has 3 aliphatic rings. The van der Waals surface area contributed by atoms with Gasteiger partial charge < -0.3 is 29.3 Å². The van der Waals surface area contributed by atoms with E-state index >= 15 is 0 Å². The molecule has 1 N–H and O–H groups in total. The first-order valence-corrected chi connectivity index (χ1v) is 15.3. The quantitative estimate of drug-likeness (QED) is 0.202. The molecule has 230 valence electrons. The van der Waals surface area contributed by atoms with Crippen LogP contribution in [0.3, 0.4) is 0 Å². The van der Waals surface area contributed by atoms with Crippen LogP contribution < -0.4 is 9.80 Å². The number of likely N-dealkylation sites (tertiary alicyclic amines) is 1. The number of ether oxygens (including phenoxy) is 2. The summed E-state index contributed by atoms with van der Waals surface area (Å²) in [5.41, 5.74) is -0.471. The SMILES string of the molecule is C=CCCOC(=O)[C@H]1[C@H]2C(=O)N([C@@H](CC)CO)C(C(=O)N(CC=C)c3ccc(N(CC)CC)cc3)C23CC(C)[C@]1(C)O3. The van der Waals surface area contributed by atoms with Gasteiger partial charge in [0, 0.05) is 31.0 Å². The third-order valence-electron chi connectivity index (χ3n) is 9.75. The fourth-order valence-corrected chi connectivity index (χ4v) is 7.49. The molecule has 0 saturated carbocycles. The Morgan fingerprint density at radius 3 is 2.36 bits per heavy atom. The number of anilines is 2. The van der Waals surface area contributed by atoms with E-state index in [0.29, 0.717) is 24.9 Å². The maximum atomic E-state index is 14.8. The molecule has 9 heteroatoms. The molecule has 1 aromatic rings. The van der Waals surface area contributed by atoms with E-state index in [1.54, 1.807) is 17.1 Å². The summed E-state index contributed by atoms with van der Waals surface area (Å²) in [5, 5.41) is 10.4. The lowest BCUT2D eigenvalue weighted by atomic mass is 9.62. The molecule has 0 radical (unpaired) electrons. The molecule has 0 aliphatic carbocycles. The minimum Gasteiger partial charge on any atom is -0.465 e. The molecule has 3 unspecified atom stereocenters. The molecule has 2 bridgehead atoms. The van der Waals surface area contributed by atoms with Crippen LogP contribution in [0.2, 0.25) is 0 Å². The summed E-state index contributed by atoms with van der Waals surface area (Å²) in [7, 11) is 0. The number of carbonyl (C=O) groups excluding carboxylic acids is 3. The van der Waals surface area contributed by atoms with Gasteiger partial charge in [-0.25, -0.2) is 0 Å². The van der Waals surface area contributed by atoms with Crippen molar-refractivity contribution in [3.05, 3.63) is 49.6 Å². The van der Waals surface area contributed by atoms with Gasteiger partial charge in [-0.2, -0.15) is 0 Å². The molecule has 0 aromatic heterocycles. The van der Waals surface area contributed by atoms with Crippen LogP contribution in [0.5, 0.6) is 0 Å².